The van der Waals surface area contributed by atoms with E-state index in [-0.39, 0.29) is 10.8 Å². The van der Waals surface area contributed by atoms with Gasteiger partial charge in [-0.1, -0.05) is 18.2 Å². The number of aromatic amines is 1. The van der Waals surface area contributed by atoms with E-state index < -0.39 is 10.0 Å². The summed E-state index contributed by atoms with van der Waals surface area (Å²) in [5.41, 5.74) is 2.45. The normalized spacial score (nSPS) is 19.2. The highest BCUT2D eigenvalue weighted by Gasteiger charge is 2.34. The molecule has 0 radical (unpaired) electrons. The zero-order chi connectivity index (χ0) is 21.4. The molecule has 0 unspecified atom stereocenters. The van der Waals surface area contributed by atoms with Crippen molar-refractivity contribution in [1.82, 2.24) is 14.2 Å². The maximum Gasteiger partial charge on any atom is 0.265 e. The van der Waals surface area contributed by atoms with Crippen molar-refractivity contribution in [2.75, 3.05) is 37.7 Å². The lowest BCUT2D eigenvalue weighted by molar-refractivity contribution is 0.0714. The van der Waals surface area contributed by atoms with Crippen molar-refractivity contribution in [3.63, 3.8) is 0 Å². The van der Waals surface area contributed by atoms with Crippen molar-refractivity contribution in [2.45, 2.75) is 23.7 Å². The van der Waals surface area contributed by atoms with Crippen molar-refractivity contribution in [1.29, 1.82) is 0 Å². The standard InChI is InChI=1S/C22H25N3O3S3/c26-22(21-20(7-12-30-21)31(27,28)25-10-13-29-14-11-25)24-8-5-16(6-9-24)18-15-23-19-4-2-1-3-17(18)19/h1-4,7,12,15-16,23H,5-6,8-11,13-14H2. The first-order valence-corrected chi connectivity index (χ1v) is 14.0. The number of rotatable bonds is 4. The average Bonchev–Trinajstić information content (AvgIpc) is 3.47. The summed E-state index contributed by atoms with van der Waals surface area (Å²) in [5.74, 6) is 1.84. The Morgan fingerprint density at radius 1 is 1.03 bits per heavy atom. The van der Waals surface area contributed by atoms with Gasteiger partial charge in [-0.15, -0.1) is 11.3 Å². The van der Waals surface area contributed by atoms with Crippen LogP contribution < -0.4 is 0 Å². The van der Waals surface area contributed by atoms with Crippen LogP contribution >= 0.6 is 23.1 Å². The number of piperidine rings is 1. The fraction of sp³-hybridized carbons (Fsp3) is 0.409. The minimum atomic E-state index is -3.62. The Morgan fingerprint density at radius 3 is 2.55 bits per heavy atom. The number of thioether (sulfide) groups is 1. The van der Waals surface area contributed by atoms with Gasteiger partial charge in [0.1, 0.15) is 9.77 Å². The number of hydrogen-bond donors (Lipinski definition) is 1. The third-order valence-corrected chi connectivity index (χ3v) is 10.2. The number of benzene rings is 1. The number of carbonyl (C=O) groups is 1. The number of aromatic nitrogens is 1. The summed E-state index contributed by atoms with van der Waals surface area (Å²) in [4.78, 5) is 19.0. The van der Waals surface area contributed by atoms with E-state index in [1.165, 1.54) is 26.6 Å². The third-order valence-electron chi connectivity index (χ3n) is 6.25. The number of hydrogen-bond acceptors (Lipinski definition) is 5. The minimum absolute atomic E-state index is 0.155. The Labute approximate surface area is 190 Å². The maximum absolute atomic E-state index is 13.3. The summed E-state index contributed by atoms with van der Waals surface area (Å²) in [6.45, 7) is 2.29. The number of amides is 1. The number of H-pyrrole nitrogens is 1. The van der Waals surface area contributed by atoms with E-state index in [9.17, 15) is 13.2 Å². The fourth-order valence-corrected chi connectivity index (χ4v) is 8.49. The smallest absolute Gasteiger partial charge is 0.265 e. The van der Waals surface area contributed by atoms with Gasteiger partial charge in [0.2, 0.25) is 10.0 Å². The molecule has 0 saturated carbocycles. The highest BCUT2D eigenvalue weighted by molar-refractivity contribution is 7.99. The molecule has 2 saturated heterocycles. The molecular formula is C22H25N3O3S3. The van der Waals surface area contributed by atoms with Crippen molar-refractivity contribution < 1.29 is 13.2 Å². The van der Waals surface area contributed by atoms with E-state index in [4.69, 9.17) is 0 Å². The predicted octanol–water partition coefficient (Wildman–Crippen LogP) is 3.99. The number of para-hydroxylation sites is 1. The topological polar surface area (TPSA) is 73.5 Å². The molecular weight excluding hydrogens is 450 g/mol. The highest BCUT2D eigenvalue weighted by atomic mass is 32.2. The van der Waals surface area contributed by atoms with Crippen molar-refractivity contribution in [3.05, 3.63) is 52.3 Å². The van der Waals surface area contributed by atoms with Crippen LogP contribution in [0.3, 0.4) is 0 Å². The molecule has 0 atom stereocenters. The summed E-state index contributed by atoms with van der Waals surface area (Å²) >= 11 is 3.00. The second kappa shape index (κ2) is 8.61. The second-order valence-corrected chi connectivity index (χ2v) is 12.0. The van der Waals surface area contributed by atoms with Gasteiger partial charge in [-0.05, 0) is 41.8 Å². The van der Waals surface area contributed by atoms with Crippen LogP contribution in [0.4, 0.5) is 0 Å². The molecule has 4 heterocycles. The van der Waals surface area contributed by atoms with E-state index in [0.29, 0.717) is 37.0 Å². The first kappa shape index (κ1) is 21.1. The molecule has 1 aromatic carbocycles. The van der Waals surface area contributed by atoms with Gasteiger partial charge in [0.25, 0.3) is 5.91 Å². The van der Waals surface area contributed by atoms with E-state index in [1.807, 2.05) is 11.0 Å². The summed E-state index contributed by atoms with van der Waals surface area (Å²) in [6, 6.07) is 9.89. The van der Waals surface area contributed by atoms with E-state index in [2.05, 4.69) is 29.4 Å². The summed E-state index contributed by atoms with van der Waals surface area (Å²) < 4.78 is 27.8. The Balaban J connectivity index is 1.31. The lowest BCUT2D eigenvalue weighted by atomic mass is 9.89. The van der Waals surface area contributed by atoms with Gasteiger partial charge in [0.05, 0.1) is 0 Å². The minimum Gasteiger partial charge on any atom is -0.361 e. The first-order chi connectivity index (χ1) is 15.1. The monoisotopic (exact) mass is 475 g/mol. The van der Waals surface area contributed by atoms with E-state index in [1.54, 1.807) is 23.2 Å². The zero-order valence-electron chi connectivity index (χ0n) is 17.1. The Hall–Kier alpha value is -1.81. The van der Waals surface area contributed by atoms with Gasteiger partial charge >= 0.3 is 0 Å². The fourth-order valence-electron chi connectivity index (χ4n) is 4.55. The molecule has 5 rings (SSSR count). The average molecular weight is 476 g/mol. The predicted molar refractivity (Wildman–Crippen MR) is 127 cm³/mol. The van der Waals surface area contributed by atoms with Crippen LogP contribution in [-0.2, 0) is 10.0 Å². The summed E-state index contributed by atoms with van der Waals surface area (Å²) in [7, 11) is -3.62. The van der Waals surface area contributed by atoms with Gasteiger partial charge < -0.3 is 9.88 Å². The van der Waals surface area contributed by atoms with E-state index in [0.717, 1.165) is 29.9 Å². The largest absolute Gasteiger partial charge is 0.361 e. The second-order valence-electron chi connectivity index (χ2n) is 7.99. The lowest BCUT2D eigenvalue weighted by Crippen LogP contribution is -2.40. The maximum atomic E-state index is 13.3. The third kappa shape index (κ3) is 3.92. The van der Waals surface area contributed by atoms with Crippen LogP contribution in [0.15, 0.2) is 46.8 Å². The molecule has 1 N–H and O–H groups in total. The lowest BCUT2D eigenvalue weighted by Gasteiger charge is -2.32. The molecule has 3 aromatic rings. The molecule has 164 valence electrons. The molecule has 31 heavy (non-hydrogen) atoms. The molecule has 0 spiro atoms. The van der Waals surface area contributed by atoms with Gasteiger partial charge in [0, 0.05) is 54.8 Å². The molecule has 2 aliphatic rings. The number of thiophene rings is 1. The van der Waals surface area contributed by atoms with Crippen LogP contribution in [-0.4, -0.2) is 66.2 Å². The first-order valence-electron chi connectivity index (χ1n) is 10.6. The Morgan fingerprint density at radius 2 is 1.77 bits per heavy atom. The number of sulfonamides is 1. The number of nitrogens with zero attached hydrogens (tertiary/aromatic N) is 2. The molecule has 1 amide bonds. The van der Waals surface area contributed by atoms with Gasteiger partial charge in [-0.25, -0.2) is 8.42 Å². The summed E-state index contributed by atoms with van der Waals surface area (Å²) in [6.07, 6.45) is 3.85. The molecule has 2 fully saturated rings. The van der Waals surface area contributed by atoms with Crippen LogP contribution in [0.1, 0.15) is 34.0 Å². The van der Waals surface area contributed by atoms with Crippen LogP contribution in [0.2, 0.25) is 0 Å². The van der Waals surface area contributed by atoms with Gasteiger partial charge in [-0.2, -0.15) is 16.1 Å². The number of fused-ring (bicyclic) bond motifs is 1. The van der Waals surface area contributed by atoms with Crippen LogP contribution in [0.5, 0.6) is 0 Å². The Bertz CT molecular complexity index is 1190. The number of nitrogens with one attached hydrogen (secondary N) is 1. The molecule has 2 aromatic heterocycles. The number of likely N-dealkylation sites (tertiary alicyclic amines) is 1. The molecule has 6 nitrogen and oxygen atoms in total. The van der Waals surface area contributed by atoms with Crippen molar-refractivity contribution in [3.8, 4) is 0 Å². The Kier molecular flexibility index (Phi) is 5.85. The van der Waals surface area contributed by atoms with Gasteiger partial charge in [0.15, 0.2) is 0 Å². The molecule has 0 bridgehead atoms. The van der Waals surface area contributed by atoms with Crippen LogP contribution in [0, 0.1) is 0 Å². The SMILES string of the molecule is O=C(c1sccc1S(=O)(=O)N1CCSCC1)N1CCC(c2c[nH]c3ccccc23)CC1. The molecule has 2 aliphatic heterocycles. The van der Waals surface area contributed by atoms with Crippen molar-refractivity contribution in [2.24, 2.45) is 0 Å². The number of carbonyl (C=O) groups excluding carboxylic acids is 1. The molecule has 0 aliphatic carbocycles. The van der Waals surface area contributed by atoms with E-state index >= 15 is 0 Å². The van der Waals surface area contributed by atoms with Crippen LogP contribution in [0.25, 0.3) is 10.9 Å². The van der Waals surface area contributed by atoms with Crippen molar-refractivity contribution >= 4 is 49.9 Å². The molecule has 9 heteroatoms. The quantitative estimate of drug-likeness (QED) is 0.619. The zero-order valence-corrected chi connectivity index (χ0v) is 19.6. The highest BCUT2D eigenvalue weighted by Crippen LogP contribution is 2.35. The van der Waals surface area contributed by atoms with Gasteiger partial charge in [-0.3, -0.25) is 4.79 Å². The summed E-state index contributed by atoms with van der Waals surface area (Å²) in [5, 5.41) is 2.97.